The van der Waals surface area contributed by atoms with E-state index < -0.39 is 0 Å². The molecule has 6 heteroatoms. The zero-order valence-electron chi connectivity index (χ0n) is 14.3. The van der Waals surface area contributed by atoms with Gasteiger partial charge in [0.05, 0.1) is 12.8 Å². The van der Waals surface area contributed by atoms with Gasteiger partial charge in [-0.25, -0.2) is 0 Å². The van der Waals surface area contributed by atoms with Crippen LogP contribution in [0.1, 0.15) is 16.1 Å². The van der Waals surface area contributed by atoms with E-state index in [1.54, 1.807) is 37.6 Å². The Bertz CT molecular complexity index is 708. The molecule has 0 radical (unpaired) electrons. The number of carbonyl (C=O) groups is 1. The summed E-state index contributed by atoms with van der Waals surface area (Å²) in [5.41, 5.74) is 1.54. The molecule has 0 unspecified atom stereocenters. The van der Waals surface area contributed by atoms with Crippen molar-refractivity contribution in [1.29, 1.82) is 0 Å². The molecule has 2 atom stereocenters. The van der Waals surface area contributed by atoms with Gasteiger partial charge in [-0.15, -0.1) is 0 Å². The van der Waals surface area contributed by atoms with Gasteiger partial charge in [0.25, 0.3) is 5.91 Å². The summed E-state index contributed by atoms with van der Waals surface area (Å²) in [6, 6.07) is 12.8. The highest BCUT2D eigenvalue weighted by Gasteiger charge is 2.33. The van der Waals surface area contributed by atoms with Crippen molar-refractivity contribution in [3.8, 4) is 5.75 Å². The summed E-state index contributed by atoms with van der Waals surface area (Å²) in [6.07, 6.45) is 1.77. The average Bonchev–Trinajstić information content (AvgIpc) is 3.03. The molecule has 2 heterocycles. The van der Waals surface area contributed by atoms with E-state index in [2.05, 4.69) is 15.2 Å². The quantitative estimate of drug-likeness (QED) is 0.829. The first-order valence-electron chi connectivity index (χ1n) is 8.37. The molecule has 1 aliphatic heterocycles. The van der Waals surface area contributed by atoms with Crippen molar-refractivity contribution < 1.29 is 14.6 Å². The molecular weight excluding hydrogens is 318 g/mol. The van der Waals surface area contributed by atoms with Gasteiger partial charge in [0.1, 0.15) is 5.75 Å². The fourth-order valence-electron chi connectivity index (χ4n) is 3.18. The molecule has 1 fully saturated rings. The van der Waals surface area contributed by atoms with Gasteiger partial charge < -0.3 is 15.2 Å². The number of ether oxygens (including phenoxy) is 1. The van der Waals surface area contributed by atoms with E-state index in [0.717, 1.165) is 12.2 Å². The molecule has 0 saturated carbocycles. The maximum atomic E-state index is 12.5. The van der Waals surface area contributed by atoms with Crippen molar-refractivity contribution in [2.75, 3.05) is 26.8 Å². The topological polar surface area (TPSA) is 74.7 Å². The molecule has 0 bridgehead atoms. The highest BCUT2D eigenvalue weighted by molar-refractivity contribution is 5.94. The summed E-state index contributed by atoms with van der Waals surface area (Å²) in [5, 5.41) is 12.7. The molecular formula is C19H23N3O3. The van der Waals surface area contributed by atoms with E-state index in [-0.39, 0.29) is 24.5 Å². The van der Waals surface area contributed by atoms with Gasteiger partial charge in [0.2, 0.25) is 0 Å². The van der Waals surface area contributed by atoms with Crippen LogP contribution < -0.4 is 10.1 Å². The smallest absolute Gasteiger partial charge is 0.251 e. The first kappa shape index (κ1) is 17.4. The second-order valence-corrected chi connectivity index (χ2v) is 6.27. The number of benzene rings is 1. The summed E-state index contributed by atoms with van der Waals surface area (Å²) in [7, 11) is 1.57. The van der Waals surface area contributed by atoms with Crippen LogP contribution in [0.25, 0.3) is 0 Å². The highest BCUT2D eigenvalue weighted by Crippen LogP contribution is 2.20. The third-order valence-corrected chi connectivity index (χ3v) is 4.51. The largest absolute Gasteiger partial charge is 0.497 e. The van der Waals surface area contributed by atoms with Crippen LogP contribution in [0.5, 0.6) is 5.75 Å². The molecule has 1 saturated heterocycles. The lowest BCUT2D eigenvalue weighted by Crippen LogP contribution is -2.41. The summed E-state index contributed by atoms with van der Waals surface area (Å²) >= 11 is 0. The molecule has 2 N–H and O–H groups in total. The van der Waals surface area contributed by atoms with Crippen molar-refractivity contribution >= 4 is 5.91 Å². The number of nitrogens with zero attached hydrogens (tertiary/aromatic N) is 2. The Morgan fingerprint density at radius 1 is 1.32 bits per heavy atom. The fourth-order valence-corrected chi connectivity index (χ4v) is 3.18. The number of aromatic nitrogens is 1. The Morgan fingerprint density at radius 2 is 2.20 bits per heavy atom. The summed E-state index contributed by atoms with van der Waals surface area (Å²) in [4.78, 5) is 19.1. The molecule has 1 aromatic heterocycles. The number of aliphatic hydroxyl groups excluding tert-OH is 1. The van der Waals surface area contributed by atoms with E-state index in [0.29, 0.717) is 24.4 Å². The predicted molar refractivity (Wildman–Crippen MR) is 94.3 cm³/mol. The van der Waals surface area contributed by atoms with E-state index in [1.165, 1.54) is 0 Å². The lowest BCUT2D eigenvalue weighted by Gasteiger charge is -2.18. The van der Waals surface area contributed by atoms with E-state index in [4.69, 9.17) is 4.74 Å². The maximum Gasteiger partial charge on any atom is 0.251 e. The number of carbonyl (C=O) groups excluding carboxylic acids is 1. The van der Waals surface area contributed by atoms with Gasteiger partial charge in [0.15, 0.2) is 0 Å². The first-order chi connectivity index (χ1) is 12.2. The van der Waals surface area contributed by atoms with Crippen LogP contribution in [0.15, 0.2) is 48.7 Å². The van der Waals surface area contributed by atoms with Gasteiger partial charge >= 0.3 is 0 Å². The van der Waals surface area contributed by atoms with Crippen molar-refractivity contribution in [2.45, 2.75) is 12.6 Å². The number of rotatable bonds is 6. The number of amides is 1. The molecule has 1 aliphatic rings. The van der Waals surface area contributed by atoms with Crippen molar-refractivity contribution in [3.05, 3.63) is 59.9 Å². The van der Waals surface area contributed by atoms with Gasteiger partial charge in [-0.05, 0) is 30.3 Å². The number of hydrogen-bond donors (Lipinski definition) is 2. The number of likely N-dealkylation sites (tertiary alicyclic amines) is 1. The molecule has 6 nitrogen and oxygen atoms in total. The van der Waals surface area contributed by atoms with Crippen LogP contribution in [0.4, 0.5) is 0 Å². The lowest BCUT2D eigenvalue weighted by atomic mass is 10.0. The predicted octanol–water partition coefficient (Wildman–Crippen LogP) is 1.31. The zero-order chi connectivity index (χ0) is 17.6. The van der Waals surface area contributed by atoms with Crippen LogP contribution in [0.3, 0.4) is 0 Å². The summed E-state index contributed by atoms with van der Waals surface area (Å²) in [5.74, 6) is 0.509. The molecule has 25 heavy (non-hydrogen) atoms. The Labute approximate surface area is 147 Å². The average molecular weight is 341 g/mol. The fraction of sp³-hybridized carbons (Fsp3) is 0.368. The lowest BCUT2D eigenvalue weighted by molar-refractivity contribution is 0.0920. The van der Waals surface area contributed by atoms with E-state index >= 15 is 0 Å². The second-order valence-electron chi connectivity index (χ2n) is 6.27. The molecule has 1 aromatic carbocycles. The SMILES string of the molecule is COc1cccc(C(=O)N[C@@H]2CN(Cc3ccccn3)C[C@H]2CO)c1. The van der Waals surface area contributed by atoms with Gasteiger partial charge in [-0.3, -0.25) is 14.7 Å². The third-order valence-electron chi connectivity index (χ3n) is 4.51. The minimum atomic E-state index is -0.151. The van der Waals surface area contributed by atoms with Crippen molar-refractivity contribution in [1.82, 2.24) is 15.2 Å². The molecule has 132 valence electrons. The van der Waals surface area contributed by atoms with Crippen LogP contribution in [0.2, 0.25) is 0 Å². The first-order valence-corrected chi connectivity index (χ1v) is 8.37. The normalized spacial score (nSPS) is 20.4. The van der Waals surface area contributed by atoms with Gasteiger partial charge in [-0.1, -0.05) is 12.1 Å². The number of hydrogen-bond acceptors (Lipinski definition) is 5. The monoisotopic (exact) mass is 341 g/mol. The van der Waals surface area contributed by atoms with Crippen LogP contribution in [0, 0.1) is 5.92 Å². The third kappa shape index (κ3) is 4.35. The molecule has 0 spiro atoms. The number of nitrogens with one attached hydrogen (secondary N) is 1. The minimum Gasteiger partial charge on any atom is -0.497 e. The molecule has 0 aliphatic carbocycles. The van der Waals surface area contributed by atoms with E-state index in [9.17, 15) is 9.90 Å². The minimum absolute atomic E-state index is 0.0123. The summed E-state index contributed by atoms with van der Waals surface area (Å²) in [6.45, 7) is 2.18. The van der Waals surface area contributed by atoms with Gasteiger partial charge in [0, 0.05) is 50.0 Å². The molecule has 2 aromatic rings. The maximum absolute atomic E-state index is 12.5. The van der Waals surface area contributed by atoms with Crippen molar-refractivity contribution in [2.24, 2.45) is 5.92 Å². The zero-order valence-corrected chi connectivity index (χ0v) is 14.3. The highest BCUT2D eigenvalue weighted by atomic mass is 16.5. The second kappa shape index (κ2) is 8.09. The Morgan fingerprint density at radius 3 is 2.92 bits per heavy atom. The number of pyridine rings is 1. The molecule has 3 rings (SSSR count). The van der Waals surface area contributed by atoms with Crippen LogP contribution in [-0.2, 0) is 6.54 Å². The summed E-state index contributed by atoms with van der Waals surface area (Å²) < 4.78 is 5.17. The van der Waals surface area contributed by atoms with Crippen LogP contribution in [-0.4, -0.2) is 53.7 Å². The Kier molecular flexibility index (Phi) is 5.63. The Hall–Kier alpha value is -2.44. The molecule has 1 amide bonds. The van der Waals surface area contributed by atoms with Crippen molar-refractivity contribution in [3.63, 3.8) is 0 Å². The Balaban J connectivity index is 1.63. The van der Waals surface area contributed by atoms with Gasteiger partial charge in [-0.2, -0.15) is 0 Å². The van der Waals surface area contributed by atoms with E-state index in [1.807, 2.05) is 18.2 Å². The van der Waals surface area contributed by atoms with Crippen LogP contribution >= 0.6 is 0 Å². The number of aliphatic hydroxyl groups is 1. The number of methoxy groups -OCH3 is 1. The standard InChI is InChI=1S/C19H23N3O3/c1-25-17-7-4-5-14(9-17)19(24)21-18-12-22(10-15(18)13-23)11-16-6-2-3-8-20-16/h2-9,15,18,23H,10-13H2,1H3,(H,21,24)/t15-,18+/m0/s1.